The second-order valence-corrected chi connectivity index (χ2v) is 5.64. The summed E-state index contributed by atoms with van der Waals surface area (Å²) in [5.41, 5.74) is 1.75. The highest BCUT2D eigenvalue weighted by Gasteiger charge is 2.10. The van der Waals surface area contributed by atoms with Crippen LogP contribution in [0, 0.1) is 0 Å². The Morgan fingerprint density at radius 2 is 1.70 bits per heavy atom. The maximum absolute atomic E-state index is 9.01. The second kappa shape index (κ2) is 5.88. The van der Waals surface area contributed by atoms with Crippen molar-refractivity contribution in [2.24, 2.45) is 0 Å². The van der Waals surface area contributed by atoms with E-state index in [2.05, 4.69) is 41.4 Å². The van der Waals surface area contributed by atoms with Crippen LogP contribution in [0.2, 0.25) is 0 Å². The number of aromatic nitrogens is 2. The van der Waals surface area contributed by atoms with Gasteiger partial charge in [0, 0.05) is 17.3 Å². The highest BCUT2D eigenvalue weighted by molar-refractivity contribution is 5.59. The molecule has 3 N–H and O–H groups in total. The molecule has 2 aromatic rings. The summed E-state index contributed by atoms with van der Waals surface area (Å²) in [6, 6.07) is 9.43. The van der Waals surface area contributed by atoms with Gasteiger partial charge in [0.15, 0.2) is 0 Å². The quantitative estimate of drug-likeness (QED) is 0.798. The van der Waals surface area contributed by atoms with Gasteiger partial charge in [-0.3, -0.25) is 0 Å². The fourth-order valence-corrected chi connectivity index (χ4v) is 1.72. The van der Waals surface area contributed by atoms with Crippen LogP contribution in [0.15, 0.2) is 36.7 Å². The van der Waals surface area contributed by atoms with Gasteiger partial charge in [0.1, 0.15) is 18.0 Å². The maximum Gasteiger partial charge on any atom is 0.135 e. The number of anilines is 3. The zero-order valence-corrected chi connectivity index (χ0v) is 12.0. The first-order valence-corrected chi connectivity index (χ1v) is 6.53. The number of hydrogen-bond donors (Lipinski definition) is 3. The van der Waals surface area contributed by atoms with Gasteiger partial charge in [-0.15, -0.1) is 0 Å². The van der Waals surface area contributed by atoms with Crippen LogP contribution in [0.4, 0.5) is 17.3 Å². The first kappa shape index (κ1) is 14.3. The first-order chi connectivity index (χ1) is 9.46. The second-order valence-electron chi connectivity index (χ2n) is 5.64. The summed E-state index contributed by atoms with van der Waals surface area (Å²) in [7, 11) is 0. The molecule has 2 rings (SSSR count). The lowest BCUT2D eigenvalue weighted by Crippen LogP contribution is -2.26. The third-order valence-corrected chi connectivity index (χ3v) is 2.58. The molecular weight excluding hydrogens is 252 g/mol. The van der Waals surface area contributed by atoms with E-state index in [1.54, 1.807) is 0 Å². The number of nitrogens with one attached hydrogen (secondary N) is 2. The molecule has 106 valence electrons. The molecule has 0 aliphatic heterocycles. The SMILES string of the molecule is CC(C)(C)Nc1cc(Nc2ccc(CO)cc2)ncn1. The van der Waals surface area contributed by atoms with Crippen molar-refractivity contribution in [2.75, 3.05) is 10.6 Å². The van der Waals surface area contributed by atoms with Gasteiger partial charge in [-0.2, -0.15) is 0 Å². The van der Waals surface area contributed by atoms with E-state index in [0.717, 1.165) is 22.9 Å². The van der Waals surface area contributed by atoms with Crippen molar-refractivity contribution in [2.45, 2.75) is 32.9 Å². The van der Waals surface area contributed by atoms with Gasteiger partial charge in [0.25, 0.3) is 0 Å². The van der Waals surface area contributed by atoms with Gasteiger partial charge in [-0.25, -0.2) is 9.97 Å². The fraction of sp³-hybridized carbons (Fsp3) is 0.333. The number of nitrogens with zero attached hydrogens (tertiary/aromatic N) is 2. The summed E-state index contributed by atoms with van der Waals surface area (Å²) in [5.74, 6) is 1.51. The molecule has 5 nitrogen and oxygen atoms in total. The van der Waals surface area contributed by atoms with Crippen molar-refractivity contribution in [3.8, 4) is 0 Å². The van der Waals surface area contributed by atoms with Crippen molar-refractivity contribution < 1.29 is 5.11 Å². The maximum atomic E-state index is 9.01. The minimum atomic E-state index is -0.0472. The van der Waals surface area contributed by atoms with Crippen LogP contribution >= 0.6 is 0 Å². The van der Waals surface area contributed by atoms with Gasteiger partial charge < -0.3 is 15.7 Å². The van der Waals surface area contributed by atoms with Crippen molar-refractivity contribution in [1.82, 2.24) is 9.97 Å². The van der Waals surface area contributed by atoms with Crippen LogP contribution in [-0.4, -0.2) is 20.6 Å². The van der Waals surface area contributed by atoms with Crippen LogP contribution in [0.5, 0.6) is 0 Å². The smallest absolute Gasteiger partial charge is 0.135 e. The van der Waals surface area contributed by atoms with Gasteiger partial charge in [-0.05, 0) is 38.5 Å². The number of aliphatic hydroxyl groups is 1. The Kier molecular flexibility index (Phi) is 4.20. The van der Waals surface area contributed by atoms with E-state index in [0.29, 0.717) is 0 Å². The summed E-state index contributed by atoms with van der Waals surface area (Å²) < 4.78 is 0. The Balaban J connectivity index is 2.10. The Morgan fingerprint density at radius 3 is 2.30 bits per heavy atom. The van der Waals surface area contributed by atoms with E-state index in [1.165, 1.54) is 6.33 Å². The minimum absolute atomic E-state index is 0.0472. The summed E-state index contributed by atoms with van der Waals surface area (Å²) >= 11 is 0. The van der Waals surface area contributed by atoms with Crippen LogP contribution < -0.4 is 10.6 Å². The van der Waals surface area contributed by atoms with E-state index < -0.39 is 0 Å². The molecular formula is C15H20N4O. The van der Waals surface area contributed by atoms with Crippen molar-refractivity contribution in [3.63, 3.8) is 0 Å². The lowest BCUT2D eigenvalue weighted by atomic mass is 10.1. The van der Waals surface area contributed by atoms with E-state index in [4.69, 9.17) is 5.11 Å². The topological polar surface area (TPSA) is 70.1 Å². The van der Waals surface area contributed by atoms with Crippen molar-refractivity contribution in [3.05, 3.63) is 42.2 Å². The summed E-state index contributed by atoms with van der Waals surface area (Å²) in [5, 5.41) is 15.5. The number of aliphatic hydroxyl groups excluding tert-OH is 1. The summed E-state index contributed by atoms with van der Waals surface area (Å²) in [4.78, 5) is 8.39. The number of rotatable bonds is 4. The van der Waals surface area contributed by atoms with Crippen LogP contribution in [0.3, 0.4) is 0 Å². The predicted molar refractivity (Wildman–Crippen MR) is 81.1 cm³/mol. The number of hydrogen-bond acceptors (Lipinski definition) is 5. The number of benzene rings is 1. The normalized spacial score (nSPS) is 11.2. The zero-order chi connectivity index (χ0) is 14.6. The molecule has 1 aromatic heterocycles. The van der Waals surface area contributed by atoms with Crippen molar-refractivity contribution in [1.29, 1.82) is 0 Å². The molecule has 0 unspecified atom stereocenters. The van der Waals surface area contributed by atoms with Gasteiger partial charge in [0.2, 0.25) is 0 Å². The van der Waals surface area contributed by atoms with E-state index in [-0.39, 0.29) is 12.1 Å². The molecule has 0 aliphatic carbocycles. The standard InChI is InChI=1S/C15H20N4O/c1-15(2,3)19-14-8-13(16-10-17-14)18-12-6-4-11(9-20)5-7-12/h4-8,10,20H,9H2,1-3H3,(H2,16,17,18,19). The van der Waals surface area contributed by atoms with E-state index in [1.807, 2.05) is 30.3 Å². The van der Waals surface area contributed by atoms with Crippen LogP contribution in [0.1, 0.15) is 26.3 Å². The molecule has 1 aromatic carbocycles. The Hall–Kier alpha value is -2.14. The Bertz CT molecular complexity index is 561. The molecule has 1 heterocycles. The highest BCUT2D eigenvalue weighted by atomic mass is 16.3. The predicted octanol–water partition coefficient (Wildman–Crippen LogP) is 2.92. The molecule has 0 radical (unpaired) electrons. The third-order valence-electron chi connectivity index (χ3n) is 2.58. The molecule has 0 saturated carbocycles. The molecule has 20 heavy (non-hydrogen) atoms. The molecule has 0 amide bonds. The van der Waals surface area contributed by atoms with Gasteiger partial charge in [-0.1, -0.05) is 12.1 Å². The average molecular weight is 272 g/mol. The van der Waals surface area contributed by atoms with Gasteiger partial charge in [0.05, 0.1) is 6.61 Å². The minimum Gasteiger partial charge on any atom is -0.392 e. The van der Waals surface area contributed by atoms with E-state index in [9.17, 15) is 0 Å². The lowest BCUT2D eigenvalue weighted by molar-refractivity contribution is 0.282. The lowest BCUT2D eigenvalue weighted by Gasteiger charge is -2.21. The largest absolute Gasteiger partial charge is 0.392 e. The first-order valence-electron chi connectivity index (χ1n) is 6.53. The molecule has 0 saturated heterocycles. The molecule has 0 fully saturated rings. The summed E-state index contributed by atoms with van der Waals surface area (Å²) in [6.45, 7) is 6.29. The van der Waals surface area contributed by atoms with Crippen LogP contribution in [-0.2, 0) is 6.61 Å². The van der Waals surface area contributed by atoms with E-state index >= 15 is 0 Å². The zero-order valence-electron chi connectivity index (χ0n) is 12.0. The van der Waals surface area contributed by atoms with Crippen molar-refractivity contribution >= 4 is 17.3 Å². The third kappa shape index (κ3) is 4.20. The molecule has 0 aliphatic rings. The Labute approximate surface area is 119 Å². The van der Waals surface area contributed by atoms with Gasteiger partial charge >= 0.3 is 0 Å². The average Bonchev–Trinajstić information content (AvgIpc) is 2.38. The fourth-order valence-electron chi connectivity index (χ4n) is 1.72. The monoisotopic (exact) mass is 272 g/mol. The molecule has 5 heteroatoms. The molecule has 0 bridgehead atoms. The Morgan fingerprint density at radius 1 is 1.05 bits per heavy atom. The molecule has 0 spiro atoms. The van der Waals surface area contributed by atoms with Crippen LogP contribution in [0.25, 0.3) is 0 Å². The highest BCUT2D eigenvalue weighted by Crippen LogP contribution is 2.18. The molecule has 0 atom stereocenters. The summed E-state index contributed by atoms with van der Waals surface area (Å²) in [6.07, 6.45) is 1.53.